The molecule has 7 heteroatoms. The Morgan fingerprint density at radius 2 is 2.00 bits per heavy atom. The fraction of sp³-hybridized carbons (Fsp3) is 0.562. The predicted molar refractivity (Wildman–Crippen MR) is 77.4 cm³/mol. The van der Waals surface area contributed by atoms with E-state index in [2.05, 4.69) is 0 Å². The predicted octanol–water partition coefficient (Wildman–Crippen LogP) is 0.442. The molecule has 2 heterocycles. The normalized spacial score (nSPS) is 33.2. The molecule has 2 aliphatic rings. The van der Waals surface area contributed by atoms with Gasteiger partial charge < -0.3 is 29.2 Å². The molecule has 2 saturated heterocycles. The van der Waals surface area contributed by atoms with Crippen molar-refractivity contribution in [1.29, 1.82) is 0 Å². The smallest absolute Gasteiger partial charge is 0.338 e. The van der Waals surface area contributed by atoms with Crippen molar-refractivity contribution in [2.24, 2.45) is 0 Å². The molecule has 0 amide bonds. The van der Waals surface area contributed by atoms with Crippen LogP contribution in [0.2, 0.25) is 0 Å². The van der Waals surface area contributed by atoms with E-state index in [0.29, 0.717) is 5.56 Å². The van der Waals surface area contributed by atoms with Gasteiger partial charge in [0, 0.05) is 0 Å². The molecule has 5 atom stereocenters. The van der Waals surface area contributed by atoms with E-state index in [4.69, 9.17) is 18.9 Å². The van der Waals surface area contributed by atoms with Crippen molar-refractivity contribution in [3.05, 3.63) is 35.9 Å². The van der Waals surface area contributed by atoms with Gasteiger partial charge in [0.05, 0.1) is 5.56 Å². The second-order valence-electron chi connectivity index (χ2n) is 6.09. The van der Waals surface area contributed by atoms with E-state index in [1.165, 1.54) is 0 Å². The van der Waals surface area contributed by atoms with Gasteiger partial charge in [0.25, 0.3) is 0 Å². The number of hydrogen-bond acceptors (Lipinski definition) is 7. The first kappa shape index (κ1) is 16.4. The minimum absolute atomic E-state index is 0.293. The second kappa shape index (κ2) is 6.18. The zero-order valence-corrected chi connectivity index (χ0v) is 12.9. The number of hydrogen-bond donors (Lipinski definition) is 2. The van der Waals surface area contributed by atoms with Crippen molar-refractivity contribution in [1.82, 2.24) is 0 Å². The highest BCUT2D eigenvalue weighted by atomic mass is 16.8. The molecular weight excluding hydrogens is 304 g/mol. The molecule has 23 heavy (non-hydrogen) atoms. The van der Waals surface area contributed by atoms with Crippen molar-refractivity contribution >= 4 is 5.97 Å². The van der Waals surface area contributed by atoms with Gasteiger partial charge in [-0.2, -0.15) is 0 Å². The van der Waals surface area contributed by atoms with Gasteiger partial charge in [0.15, 0.2) is 12.1 Å². The number of benzene rings is 1. The summed E-state index contributed by atoms with van der Waals surface area (Å²) in [6.45, 7) is 3.14. The number of aliphatic hydroxyl groups excluding tert-OH is 2. The summed E-state index contributed by atoms with van der Waals surface area (Å²) in [5, 5.41) is 20.3. The van der Waals surface area contributed by atoms with Gasteiger partial charge in [-0.05, 0) is 26.0 Å². The molecule has 1 aromatic rings. The number of esters is 1. The molecule has 0 aliphatic carbocycles. The third-order valence-corrected chi connectivity index (χ3v) is 3.83. The van der Waals surface area contributed by atoms with Crippen LogP contribution in [-0.2, 0) is 18.9 Å². The summed E-state index contributed by atoms with van der Waals surface area (Å²) < 4.78 is 21.6. The lowest BCUT2D eigenvalue weighted by Gasteiger charge is -2.25. The van der Waals surface area contributed by atoms with E-state index in [1.807, 2.05) is 0 Å². The van der Waals surface area contributed by atoms with Crippen LogP contribution in [0, 0.1) is 0 Å². The number of fused-ring (bicyclic) bond motifs is 1. The van der Waals surface area contributed by atoms with Crippen molar-refractivity contribution in [2.45, 2.75) is 50.3 Å². The Morgan fingerprint density at radius 1 is 1.30 bits per heavy atom. The molecule has 3 rings (SSSR count). The summed E-state index contributed by atoms with van der Waals surface area (Å²) in [6, 6.07) is 8.45. The Morgan fingerprint density at radius 3 is 2.65 bits per heavy atom. The first-order valence-corrected chi connectivity index (χ1v) is 7.47. The van der Waals surface area contributed by atoms with Gasteiger partial charge in [0.2, 0.25) is 0 Å². The standard InChI is InChI=1S/C16H20O7/c1-16(2)22-13-11(18)12(21-15(13)23-16)10(17)8-20-14(19)9-6-4-3-5-7-9/h3-7,10-13,15,17-18H,8H2,1-2H3/t10?,11-,12+,13+,15+/m0/s1. The third kappa shape index (κ3) is 3.39. The lowest BCUT2D eigenvalue weighted by molar-refractivity contribution is -0.227. The SMILES string of the molecule is CC1(C)O[C@H]2O[C@H](C(O)COC(=O)c3ccccc3)[C@H](O)[C@H]2O1. The van der Waals surface area contributed by atoms with Gasteiger partial charge in [-0.25, -0.2) is 4.79 Å². The first-order chi connectivity index (χ1) is 10.9. The van der Waals surface area contributed by atoms with Crippen LogP contribution in [0.5, 0.6) is 0 Å². The molecule has 0 bridgehead atoms. The summed E-state index contributed by atoms with van der Waals surface area (Å²) >= 11 is 0. The van der Waals surface area contributed by atoms with Crippen LogP contribution in [0.1, 0.15) is 24.2 Å². The summed E-state index contributed by atoms with van der Waals surface area (Å²) in [6.07, 6.45) is -4.60. The summed E-state index contributed by atoms with van der Waals surface area (Å²) in [7, 11) is 0. The van der Waals surface area contributed by atoms with E-state index in [9.17, 15) is 15.0 Å². The number of ether oxygens (including phenoxy) is 4. The highest BCUT2D eigenvalue weighted by Gasteiger charge is 2.56. The van der Waals surface area contributed by atoms with Gasteiger partial charge in [-0.15, -0.1) is 0 Å². The molecule has 7 nitrogen and oxygen atoms in total. The van der Waals surface area contributed by atoms with Crippen LogP contribution < -0.4 is 0 Å². The molecule has 1 aromatic carbocycles. The Bertz CT molecular complexity index is 559. The van der Waals surface area contributed by atoms with Crippen molar-refractivity contribution in [3.63, 3.8) is 0 Å². The number of aliphatic hydroxyl groups is 2. The maximum Gasteiger partial charge on any atom is 0.338 e. The number of carbonyl (C=O) groups excluding carboxylic acids is 1. The molecule has 2 aliphatic heterocycles. The number of carbonyl (C=O) groups is 1. The van der Waals surface area contributed by atoms with E-state index in [-0.39, 0.29) is 6.61 Å². The Hall–Kier alpha value is -1.51. The van der Waals surface area contributed by atoms with Crippen molar-refractivity contribution < 1.29 is 34.0 Å². The van der Waals surface area contributed by atoms with Crippen LogP contribution >= 0.6 is 0 Å². The minimum Gasteiger partial charge on any atom is -0.459 e. The van der Waals surface area contributed by atoms with E-state index >= 15 is 0 Å². The molecular formula is C16H20O7. The summed E-state index contributed by atoms with van der Waals surface area (Å²) in [5.74, 6) is -1.39. The Balaban J connectivity index is 1.54. The molecule has 0 radical (unpaired) electrons. The fourth-order valence-corrected chi connectivity index (χ4v) is 2.75. The van der Waals surface area contributed by atoms with Crippen LogP contribution in [0.3, 0.4) is 0 Å². The maximum absolute atomic E-state index is 11.8. The Kier molecular flexibility index (Phi) is 4.39. The number of rotatable bonds is 4. The van der Waals surface area contributed by atoms with E-state index in [1.54, 1.807) is 44.2 Å². The van der Waals surface area contributed by atoms with E-state index < -0.39 is 42.5 Å². The molecule has 1 unspecified atom stereocenters. The van der Waals surface area contributed by atoms with Crippen LogP contribution in [0.4, 0.5) is 0 Å². The second-order valence-corrected chi connectivity index (χ2v) is 6.09. The molecule has 0 aromatic heterocycles. The molecule has 0 spiro atoms. The highest BCUT2D eigenvalue weighted by molar-refractivity contribution is 5.89. The lowest BCUT2D eigenvalue weighted by Crippen LogP contribution is -2.43. The zero-order valence-electron chi connectivity index (χ0n) is 12.9. The fourth-order valence-electron chi connectivity index (χ4n) is 2.75. The molecule has 2 fully saturated rings. The largest absolute Gasteiger partial charge is 0.459 e. The lowest BCUT2D eigenvalue weighted by atomic mass is 10.1. The van der Waals surface area contributed by atoms with Crippen LogP contribution in [0.25, 0.3) is 0 Å². The molecule has 0 saturated carbocycles. The van der Waals surface area contributed by atoms with Crippen LogP contribution in [0.15, 0.2) is 30.3 Å². The first-order valence-electron chi connectivity index (χ1n) is 7.47. The van der Waals surface area contributed by atoms with E-state index in [0.717, 1.165) is 0 Å². The topological polar surface area (TPSA) is 94.5 Å². The summed E-state index contributed by atoms with van der Waals surface area (Å²) in [5.41, 5.74) is 0.387. The average Bonchev–Trinajstić information content (AvgIpc) is 2.99. The Labute approximate surface area is 133 Å². The molecule has 2 N–H and O–H groups in total. The van der Waals surface area contributed by atoms with Gasteiger partial charge >= 0.3 is 5.97 Å². The van der Waals surface area contributed by atoms with Crippen molar-refractivity contribution in [3.8, 4) is 0 Å². The van der Waals surface area contributed by atoms with Gasteiger partial charge in [-0.3, -0.25) is 0 Å². The maximum atomic E-state index is 11.8. The minimum atomic E-state index is -1.18. The monoisotopic (exact) mass is 324 g/mol. The van der Waals surface area contributed by atoms with Crippen LogP contribution in [-0.4, -0.2) is 59.3 Å². The average molecular weight is 324 g/mol. The third-order valence-electron chi connectivity index (χ3n) is 3.83. The molecule has 126 valence electrons. The van der Waals surface area contributed by atoms with Gasteiger partial charge in [-0.1, -0.05) is 18.2 Å². The quantitative estimate of drug-likeness (QED) is 0.776. The zero-order chi connectivity index (χ0) is 16.6. The van der Waals surface area contributed by atoms with Crippen molar-refractivity contribution in [2.75, 3.05) is 6.61 Å². The van der Waals surface area contributed by atoms with Gasteiger partial charge in [0.1, 0.15) is 31.0 Å². The highest BCUT2D eigenvalue weighted by Crippen LogP contribution is 2.38. The summed E-state index contributed by atoms with van der Waals surface area (Å²) in [4.78, 5) is 11.8.